The maximum Gasteiger partial charge on any atom is 0.121 e. The van der Waals surface area contributed by atoms with Gasteiger partial charge in [0.15, 0.2) is 0 Å². The van der Waals surface area contributed by atoms with Crippen LogP contribution in [0.1, 0.15) is 12.5 Å². The first kappa shape index (κ1) is 13.4. The fourth-order valence-corrected chi connectivity index (χ4v) is 3.71. The van der Waals surface area contributed by atoms with E-state index >= 15 is 0 Å². The topological polar surface area (TPSA) is 21.3 Å². The standard InChI is InChI=1S/C17H19NOS/c1-2-19-15-8-5-7-14(11-15)18-12-16-10-13-6-3-4-9-17(13)20-16/h3-9,11,16,18H,2,10,12H2,1H3. The van der Waals surface area contributed by atoms with Crippen molar-refractivity contribution in [3.05, 3.63) is 54.1 Å². The molecule has 1 heterocycles. The van der Waals surface area contributed by atoms with Crippen LogP contribution in [0.25, 0.3) is 0 Å². The molecule has 20 heavy (non-hydrogen) atoms. The molecule has 2 nitrogen and oxygen atoms in total. The average Bonchev–Trinajstić information content (AvgIpc) is 2.89. The minimum atomic E-state index is 0.614. The van der Waals surface area contributed by atoms with Gasteiger partial charge in [0.1, 0.15) is 5.75 Å². The second-order valence-electron chi connectivity index (χ2n) is 4.89. The highest BCUT2D eigenvalue weighted by molar-refractivity contribution is 8.00. The van der Waals surface area contributed by atoms with Crippen LogP contribution in [0.3, 0.4) is 0 Å². The van der Waals surface area contributed by atoms with E-state index in [0.29, 0.717) is 11.9 Å². The van der Waals surface area contributed by atoms with Crippen LogP contribution < -0.4 is 10.1 Å². The molecule has 0 fully saturated rings. The summed E-state index contributed by atoms with van der Waals surface area (Å²) in [7, 11) is 0. The van der Waals surface area contributed by atoms with Crippen molar-refractivity contribution in [2.75, 3.05) is 18.5 Å². The first-order valence-electron chi connectivity index (χ1n) is 7.06. The maximum absolute atomic E-state index is 5.52. The Morgan fingerprint density at radius 3 is 2.95 bits per heavy atom. The van der Waals surface area contributed by atoms with E-state index in [9.17, 15) is 0 Å². The third-order valence-electron chi connectivity index (χ3n) is 3.39. The van der Waals surface area contributed by atoms with Crippen molar-refractivity contribution < 1.29 is 4.74 Å². The van der Waals surface area contributed by atoms with E-state index in [1.165, 1.54) is 10.5 Å². The van der Waals surface area contributed by atoms with E-state index < -0.39 is 0 Å². The first-order valence-corrected chi connectivity index (χ1v) is 7.94. The van der Waals surface area contributed by atoms with Gasteiger partial charge < -0.3 is 10.1 Å². The minimum Gasteiger partial charge on any atom is -0.494 e. The summed E-state index contributed by atoms with van der Waals surface area (Å²) >= 11 is 1.98. The Morgan fingerprint density at radius 2 is 2.10 bits per heavy atom. The van der Waals surface area contributed by atoms with Crippen LogP contribution in [0.2, 0.25) is 0 Å². The van der Waals surface area contributed by atoms with Crippen LogP contribution in [0.5, 0.6) is 5.75 Å². The number of ether oxygens (including phenoxy) is 1. The lowest BCUT2D eigenvalue weighted by Gasteiger charge is -2.12. The normalized spacial score (nSPS) is 16.8. The van der Waals surface area contributed by atoms with Crippen LogP contribution >= 0.6 is 11.8 Å². The predicted octanol–water partition coefficient (Wildman–Crippen LogP) is 4.21. The largest absolute Gasteiger partial charge is 0.494 e. The van der Waals surface area contributed by atoms with Gasteiger partial charge in [0.2, 0.25) is 0 Å². The Kier molecular flexibility index (Phi) is 4.16. The van der Waals surface area contributed by atoms with Crippen molar-refractivity contribution in [3.8, 4) is 5.75 Å². The summed E-state index contributed by atoms with van der Waals surface area (Å²) in [5, 5.41) is 4.13. The van der Waals surface area contributed by atoms with E-state index in [2.05, 4.69) is 41.7 Å². The summed E-state index contributed by atoms with van der Waals surface area (Å²) in [4.78, 5) is 1.43. The fraction of sp³-hybridized carbons (Fsp3) is 0.294. The summed E-state index contributed by atoms with van der Waals surface area (Å²) in [6, 6.07) is 16.9. The predicted molar refractivity (Wildman–Crippen MR) is 85.9 cm³/mol. The van der Waals surface area contributed by atoms with Crippen molar-refractivity contribution in [2.24, 2.45) is 0 Å². The number of fused-ring (bicyclic) bond motifs is 1. The molecule has 0 saturated carbocycles. The zero-order valence-corrected chi connectivity index (χ0v) is 12.5. The van der Waals surface area contributed by atoms with Gasteiger partial charge in [-0.3, -0.25) is 0 Å². The SMILES string of the molecule is CCOc1cccc(NCC2Cc3ccccc3S2)c1. The maximum atomic E-state index is 5.52. The fourth-order valence-electron chi connectivity index (χ4n) is 2.46. The summed E-state index contributed by atoms with van der Waals surface area (Å²) in [6.45, 7) is 3.69. The molecule has 0 aromatic heterocycles. The molecule has 0 amide bonds. The van der Waals surface area contributed by atoms with E-state index in [1.807, 2.05) is 30.8 Å². The third kappa shape index (κ3) is 3.10. The Labute approximate surface area is 124 Å². The molecule has 0 aliphatic carbocycles. The Bertz CT molecular complexity index is 560. The quantitative estimate of drug-likeness (QED) is 0.889. The van der Waals surface area contributed by atoms with Crippen molar-refractivity contribution >= 4 is 17.4 Å². The van der Waals surface area contributed by atoms with Gasteiger partial charge in [-0.05, 0) is 37.1 Å². The lowest BCUT2D eigenvalue weighted by atomic mass is 10.1. The molecule has 2 aromatic rings. The lowest BCUT2D eigenvalue weighted by Crippen LogP contribution is -2.15. The van der Waals surface area contributed by atoms with Gasteiger partial charge in [0, 0.05) is 28.4 Å². The van der Waals surface area contributed by atoms with E-state index in [0.717, 1.165) is 24.4 Å². The highest BCUT2D eigenvalue weighted by atomic mass is 32.2. The minimum absolute atomic E-state index is 0.614. The third-order valence-corrected chi connectivity index (χ3v) is 4.71. The molecule has 0 radical (unpaired) electrons. The number of hydrogen-bond donors (Lipinski definition) is 1. The second kappa shape index (κ2) is 6.23. The Hall–Kier alpha value is -1.61. The summed E-state index contributed by atoms with van der Waals surface area (Å²) < 4.78 is 5.52. The molecule has 0 spiro atoms. The van der Waals surface area contributed by atoms with Gasteiger partial charge in [-0.2, -0.15) is 0 Å². The number of nitrogens with one attached hydrogen (secondary N) is 1. The van der Waals surface area contributed by atoms with Gasteiger partial charge in [-0.1, -0.05) is 24.3 Å². The van der Waals surface area contributed by atoms with Gasteiger partial charge >= 0.3 is 0 Å². The zero-order chi connectivity index (χ0) is 13.8. The Balaban J connectivity index is 1.57. The highest BCUT2D eigenvalue weighted by Crippen LogP contribution is 2.36. The molecular formula is C17H19NOS. The molecule has 1 atom stereocenters. The number of thioether (sulfide) groups is 1. The molecule has 1 unspecified atom stereocenters. The highest BCUT2D eigenvalue weighted by Gasteiger charge is 2.21. The second-order valence-corrected chi connectivity index (χ2v) is 6.24. The van der Waals surface area contributed by atoms with Crippen molar-refractivity contribution in [2.45, 2.75) is 23.5 Å². The van der Waals surface area contributed by atoms with Crippen LogP contribution in [-0.4, -0.2) is 18.4 Å². The molecule has 3 heteroatoms. The lowest BCUT2D eigenvalue weighted by molar-refractivity contribution is 0.340. The van der Waals surface area contributed by atoms with E-state index in [1.54, 1.807) is 0 Å². The Morgan fingerprint density at radius 1 is 1.20 bits per heavy atom. The van der Waals surface area contributed by atoms with Gasteiger partial charge in [0.25, 0.3) is 0 Å². The van der Waals surface area contributed by atoms with Crippen LogP contribution in [0, 0.1) is 0 Å². The molecule has 1 N–H and O–H groups in total. The first-order chi connectivity index (χ1) is 9.85. The van der Waals surface area contributed by atoms with Gasteiger partial charge in [0.05, 0.1) is 6.61 Å². The van der Waals surface area contributed by atoms with E-state index in [-0.39, 0.29) is 0 Å². The van der Waals surface area contributed by atoms with Crippen LogP contribution in [0.15, 0.2) is 53.4 Å². The zero-order valence-electron chi connectivity index (χ0n) is 11.6. The molecular weight excluding hydrogens is 266 g/mol. The number of anilines is 1. The molecule has 1 aliphatic heterocycles. The summed E-state index contributed by atoms with van der Waals surface area (Å²) in [5.74, 6) is 0.930. The molecule has 2 aromatic carbocycles. The van der Waals surface area contributed by atoms with Crippen molar-refractivity contribution in [3.63, 3.8) is 0 Å². The van der Waals surface area contributed by atoms with Crippen LogP contribution in [-0.2, 0) is 6.42 Å². The number of benzene rings is 2. The molecule has 1 aliphatic rings. The molecule has 104 valence electrons. The smallest absolute Gasteiger partial charge is 0.121 e. The van der Waals surface area contributed by atoms with Gasteiger partial charge in [-0.15, -0.1) is 11.8 Å². The monoisotopic (exact) mass is 285 g/mol. The number of rotatable bonds is 5. The van der Waals surface area contributed by atoms with Crippen molar-refractivity contribution in [1.29, 1.82) is 0 Å². The summed E-state index contributed by atoms with van der Waals surface area (Å²) in [5.41, 5.74) is 2.61. The van der Waals surface area contributed by atoms with Gasteiger partial charge in [-0.25, -0.2) is 0 Å². The molecule has 0 saturated heterocycles. The average molecular weight is 285 g/mol. The summed E-state index contributed by atoms with van der Waals surface area (Å²) in [6.07, 6.45) is 1.15. The van der Waals surface area contributed by atoms with Crippen LogP contribution in [0.4, 0.5) is 5.69 Å². The molecule has 3 rings (SSSR count). The molecule has 0 bridgehead atoms. The number of hydrogen-bond acceptors (Lipinski definition) is 3. The van der Waals surface area contributed by atoms with E-state index in [4.69, 9.17) is 4.74 Å². The van der Waals surface area contributed by atoms with Crippen molar-refractivity contribution in [1.82, 2.24) is 0 Å².